The van der Waals surface area contributed by atoms with Gasteiger partial charge in [-0.3, -0.25) is 4.57 Å². The number of aliphatic hydroxyl groups excluding tert-OH is 2. The Bertz CT molecular complexity index is 726. The van der Waals surface area contributed by atoms with Crippen molar-refractivity contribution in [2.24, 2.45) is 0 Å². The average Bonchev–Trinajstić information content (AvgIpc) is 3.11. The van der Waals surface area contributed by atoms with Gasteiger partial charge < -0.3 is 19.8 Å². The molecule has 0 amide bonds. The first-order valence-electron chi connectivity index (χ1n) is 6.60. The molecular weight excluding hydrogens is 295 g/mol. The molecular formula is C12H15N6O4+. The van der Waals surface area contributed by atoms with Gasteiger partial charge in [-0.15, -0.1) is 0 Å². The number of fused-ring (bicyclic) bond motifs is 1. The van der Waals surface area contributed by atoms with Crippen molar-refractivity contribution >= 4 is 17.0 Å². The second kappa shape index (κ2) is 5.72. The fourth-order valence-corrected chi connectivity index (χ4v) is 2.49. The number of hydrogen-bond acceptors (Lipinski definition) is 8. The minimum Gasteiger partial charge on any atom is -0.394 e. The Hall–Kier alpha value is -2.48. The van der Waals surface area contributed by atoms with E-state index in [0.717, 1.165) is 0 Å². The number of aromatic nitrogens is 4. The normalized spacial score (nSPS) is 24.4. The van der Waals surface area contributed by atoms with Crippen molar-refractivity contribution in [3.8, 4) is 6.19 Å². The predicted molar refractivity (Wildman–Crippen MR) is 71.1 cm³/mol. The largest absolute Gasteiger partial charge is 0.394 e. The molecule has 3 N–H and O–H groups in total. The summed E-state index contributed by atoms with van der Waals surface area (Å²) in [7, 11) is 1.44. The number of nitrogens with zero attached hydrogens (tertiary/aromatic N) is 5. The summed E-state index contributed by atoms with van der Waals surface area (Å²) in [6.45, 7) is -0.261. The molecule has 1 aliphatic rings. The second-order valence-corrected chi connectivity index (χ2v) is 4.78. The fourth-order valence-electron chi connectivity index (χ4n) is 2.49. The van der Waals surface area contributed by atoms with Gasteiger partial charge in [-0.05, 0) is 0 Å². The molecule has 22 heavy (non-hydrogen) atoms. The van der Waals surface area contributed by atoms with E-state index in [9.17, 15) is 5.11 Å². The van der Waals surface area contributed by atoms with Crippen LogP contribution < -0.4 is 14.9 Å². The van der Waals surface area contributed by atoms with Gasteiger partial charge in [0.2, 0.25) is 11.2 Å². The summed E-state index contributed by atoms with van der Waals surface area (Å²) in [6.07, 6.45) is 3.17. The van der Waals surface area contributed by atoms with Gasteiger partial charge in [-0.25, -0.2) is 10.3 Å². The van der Waals surface area contributed by atoms with Crippen LogP contribution in [0.25, 0.3) is 11.2 Å². The maximum absolute atomic E-state index is 9.83. The van der Waals surface area contributed by atoms with Crippen LogP contribution >= 0.6 is 0 Å². The van der Waals surface area contributed by atoms with E-state index in [0.29, 0.717) is 23.4 Å². The third-order valence-electron chi connectivity index (χ3n) is 3.56. The summed E-state index contributed by atoms with van der Waals surface area (Å²) < 4.78 is 8.52. The summed E-state index contributed by atoms with van der Waals surface area (Å²) in [5.74, 6) is 0.339. The van der Waals surface area contributed by atoms with E-state index in [1.165, 1.54) is 24.5 Å². The molecule has 0 saturated carbocycles. The van der Waals surface area contributed by atoms with Crippen molar-refractivity contribution in [1.82, 2.24) is 14.5 Å². The third-order valence-corrected chi connectivity index (χ3v) is 3.56. The molecule has 2 aromatic rings. The molecule has 3 rings (SSSR count). The van der Waals surface area contributed by atoms with Gasteiger partial charge in [0.25, 0.3) is 12.5 Å². The van der Waals surface area contributed by atoms with E-state index < -0.39 is 18.4 Å². The lowest BCUT2D eigenvalue weighted by molar-refractivity contribution is -0.875. The fraction of sp³-hybridized carbons (Fsp3) is 0.500. The first-order chi connectivity index (χ1) is 10.7. The number of ether oxygens (including phenoxy) is 1. The smallest absolute Gasteiger partial charge is 0.305 e. The Kier molecular flexibility index (Phi) is 3.76. The number of nitrogens with one attached hydrogen (secondary N) is 1. The van der Waals surface area contributed by atoms with E-state index in [4.69, 9.17) is 19.9 Å². The van der Waals surface area contributed by atoms with Crippen LogP contribution in [0.2, 0.25) is 0 Å². The maximum Gasteiger partial charge on any atom is 0.305 e. The van der Waals surface area contributed by atoms with Crippen LogP contribution in [-0.2, 0) is 4.74 Å². The third kappa shape index (κ3) is 2.21. The molecule has 0 bridgehead atoms. The van der Waals surface area contributed by atoms with Gasteiger partial charge in [0, 0.05) is 6.42 Å². The molecule has 2 aromatic heterocycles. The maximum atomic E-state index is 9.83. The topological polar surface area (TPSA) is 129 Å². The molecule has 3 heterocycles. The summed E-state index contributed by atoms with van der Waals surface area (Å²) in [5.41, 5.74) is 0.901. The Balaban J connectivity index is 2.03. The molecule has 10 nitrogen and oxygen atoms in total. The standard InChI is InChI=1S/C12H14N6O4/c1-21-18-6-16-11-10(12(18)14-4-13)15-5-17(11)9-2-7(20)8(3-19)22-9/h5-9,19-20H,2-3H2,1H3/p+1/t7-,8+,9+/m0/s1/i13+1,14+1,15+1. The van der Waals surface area contributed by atoms with E-state index in [2.05, 4.69) is 15.3 Å². The average molecular weight is 310 g/mol. The summed E-state index contributed by atoms with van der Waals surface area (Å²) in [5, 5.41) is 30.3. The van der Waals surface area contributed by atoms with E-state index in [-0.39, 0.29) is 6.61 Å². The highest BCUT2D eigenvalue weighted by Gasteiger charge is 2.36. The van der Waals surface area contributed by atoms with Crippen LogP contribution in [0, 0.1) is 11.5 Å². The first-order valence-corrected chi connectivity index (χ1v) is 6.60. The van der Waals surface area contributed by atoms with Gasteiger partial charge in [-0.2, -0.15) is 5.26 Å². The molecule has 0 aromatic carbocycles. The number of aliphatic hydroxyl groups is 2. The van der Waals surface area contributed by atoms with Crippen molar-refractivity contribution in [3.05, 3.63) is 12.7 Å². The zero-order valence-electron chi connectivity index (χ0n) is 11.7. The summed E-state index contributed by atoms with van der Waals surface area (Å²) >= 11 is 0. The number of nitriles is 1. The van der Waals surface area contributed by atoms with Gasteiger partial charge in [-0.1, -0.05) is 9.71 Å². The predicted octanol–water partition coefficient (Wildman–Crippen LogP) is -1.69. The minimum absolute atomic E-state index is 0.261. The van der Waals surface area contributed by atoms with Crippen LogP contribution in [0.15, 0.2) is 12.7 Å². The van der Waals surface area contributed by atoms with E-state index >= 15 is 0 Å². The quantitative estimate of drug-likeness (QED) is 0.264. The van der Waals surface area contributed by atoms with Crippen molar-refractivity contribution in [2.45, 2.75) is 24.9 Å². The lowest BCUT2D eigenvalue weighted by Gasteiger charge is -2.12. The Morgan fingerprint density at radius 3 is 3.09 bits per heavy atom. The molecule has 116 valence electrons. The van der Waals surface area contributed by atoms with Crippen LogP contribution in [0.4, 0.5) is 5.82 Å². The molecule has 3 atom stereocenters. The summed E-state index contributed by atoms with van der Waals surface area (Å²) in [4.78, 5) is 13.5. The molecule has 0 aliphatic carbocycles. The van der Waals surface area contributed by atoms with Crippen LogP contribution in [-0.4, -0.2) is 50.7 Å². The van der Waals surface area contributed by atoms with Crippen molar-refractivity contribution in [1.29, 1.82) is 5.26 Å². The molecule has 1 aliphatic heterocycles. The van der Waals surface area contributed by atoms with Gasteiger partial charge in [0.05, 0.1) is 12.7 Å². The lowest BCUT2D eigenvalue weighted by atomic mass is 10.2. The van der Waals surface area contributed by atoms with Crippen molar-refractivity contribution in [2.75, 3.05) is 19.0 Å². The molecule has 10 heteroatoms. The lowest BCUT2D eigenvalue weighted by Crippen LogP contribution is -2.43. The molecule has 0 spiro atoms. The highest BCUT2D eigenvalue weighted by atomic mass is 16.6. The molecule has 1 saturated heterocycles. The van der Waals surface area contributed by atoms with Gasteiger partial charge >= 0.3 is 5.82 Å². The highest BCUT2D eigenvalue weighted by molar-refractivity contribution is 5.81. The minimum atomic E-state index is -0.753. The van der Waals surface area contributed by atoms with Crippen LogP contribution in [0.5, 0.6) is 0 Å². The first kappa shape index (κ1) is 14.5. The number of imidazole rings is 1. The zero-order chi connectivity index (χ0) is 15.7. The zero-order valence-corrected chi connectivity index (χ0v) is 11.7. The number of rotatable bonds is 4. The van der Waals surface area contributed by atoms with Gasteiger partial charge in [0.1, 0.15) is 25.8 Å². The molecule has 0 radical (unpaired) electrons. The Morgan fingerprint density at radius 2 is 2.45 bits per heavy atom. The van der Waals surface area contributed by atoms with Crippen molar-refractivity contribution in [3.63, 3.8) is 0 Å². The summed E-state index contributed by atoms with van der Waals surface area (Å²) in [6, 6.07) is 0. The highest BCUT2D eigenvalue weighted by Crippen LogP contribution is 2.31. The number of anilines is 1. The SMILES string of the molecule is CO[n+]1cnc2c([15n]cn2[C@H]2C[C@H](O)[C@@H](CO)O2)c1[15NH]C#[15N]. The Morgan fingerprint density at radius 1 is 1.64 bits per heavy atom. The van der Waals surface area contributed by atoms with Gasteiger partial charge in [0.15, 0.2) is 0 Å². The van der Waals surface area contributed by atoms with E-state index in [1.54, 1.807) is 4.57 Å². The molecule has 1 fully saturated rings. The van der Waals surface area contributed by atoms with Crippen LogP contribution in [0.1, 0.15) is 12.6 Å². The molecule has 0 unspecified atom stereocenters. The number of hydrogen-bond donors (Lipinski definition) is 3. The second-order valence-electron chi connectivity index (χ2n) is 4.78. The van der Waals surface area contributed by atoms with Crippen molar-refractivity contribution < 1.29 is 24.5 Å². The Labute approximate surface area is 125 Å². The van der Waals surface area contributed by atoms with Crippen LogP contribution in [0.3, 0.4) is 0 Å². The monoisotopic (exact) mass is 310 g/mol. The van der Waals surface area contributed by atoms with E-state index in [1.807, 2.05) is 6.19 Å².